The van der Waals surface area contributed by atoms with Crippen LogP contribution >= 0.6 is 0 Å². The lowest BCUT2D eigenvalue weighted by Crippen LogP contribution is -2.44. The van der Waals surface area contributed by atoms with Crippen LogP contribution in [0.1, 0.15) is 49.5 Å². The van der Waals surface area contributed by atoms with Crippen molar-refractivity contribution in [2.75, 3.05) is 26.2 Å². The van der Waals surface area contributed by atoms with Crippen molar-refractivity contribution in [1.29, 1.82) is 0 Å². The molecule has 0 spiro atoms. The van der Waals surface area contributed by atoms with E-state index in [-0.39, 0.29) is 17.5 Å². The molecule has 4 heterocycles. The fourth-order valence-corrected chi connectivity index (χ4v) is 4.06. The number of nitrogens with zero attached hydrogens (tertiary/aromatic N) is 4. The maximum atomic E-state index is 12.9. The van der Waals surface area contributed by atoms with E-state index >= 15 is 0 Å². The van der Waals surface area contributed by atoms with Gasteiger partial charge in [-0.3, -0.25) is 19.6 Å². The highest BCUT2D eigenvalue weighted by Gasteiger charge is 2.30. The van der Waals surface area contributed by atoms with E-state index in [1.165, 1.54) is 17.4 Å². The lowest BCUT2D eigenvalue weighted by Gasteiger charge is -2.36. The first kappa shape index (κ1) is 16.3. The van der Waals surface area contributed by atoms with Crippen LogP contribution in [-0.4, -0.2) is 56.5 Å². The molecule has 2 aromatic rings. The van der Waals surface area contributed by atoms with Crippen LogP contribution in [0.2, 0.25) is 0 Å². The summed E-state index contributed by atoms with van der Waals surface area (Å²) in [5, 5.41) is 2.99. The maximum absolute atomic E-state index is 12.9. The van der Waals surface area contributed by atoms with Crippen molar-refractivity contribution >= 4 is 11.6 Å². The quantitative estimate of drug-likeness (QED) is 0.916. The number of amides is 1. The molecule has 2 saturated heterocycles. The van der Waals surface area contributed by atoms with Gasteiger partial charge in [0.1, 0.15) is 0 Å². The number of hydrogen-bond donors (Lipinski definition) is 1. The van der Waals surface area contributed by atoms with Gasteiger partial charge < -0.3 is 4.90 Å². The Bertz CT molecular complexity index is 834. The van der Waals surface area contributed by atoms with Crippen LogP contribution in [0, 0.1) is 6.92 Å². The summed E-state index contributed by atoms with van der Waals surface area (Å²) in [6.45, 7) is 5.17. The van der Waals surface area contributed by atoms with Gasteiger partial charge in [-0.25, -0.2) is 9.50 Å². The lowest BCUT2D eigenvalue weighted by atomic mass is 9.99. The van der Waals surface area contributed by atoms with E-state index in [9.17, 15) is 9.59 Å². The molecular weight excluding hydrogens is 318 g/mol. The van der Waals surface area contributed by atoms with Gasteiger partial charge in [-0.15, -0.1) is 0 Å². The van der Waals surface area contributed by atoms with Crippen LogP contribution < -0.4 is 5.56 Å². The van der Waals surface area contributed by atoms with Gasteiger partial charge in [-0.1, -0.05) is 0 Å². The van der Waals surface area contributed by atoms with Crippen molar-refractivity contribution in [1.82, 2.24) is 24.4 Å². The lowest BCUT2D eigenvalue weighted by molar-refractivity contribution is -0.136. The van der Waals surface area contributed by atoms with Gasteiger partial charge >= 0.3 is 0 Å². The summed E-state index contributed by atoms with van der Waals surface area (Å²) in [5.74, 6) is 0.166. The number of piperidine rings is 1. The summed E-state index contributed by atoms with van der Waals surface area (Å²) in [7, 11) is 0. The third-order valence-electron chi connectivity index (χ3n) is 5.32. The predicted octanol–water partition coefficient (Wildman–Crippen LogP) is 1.48. The molecule has 0 saturated carbocycles. The Morgan fingerprint density at radius 2 is 1.96 bits per heavy atom. The molecule has 1 amide bonds. The summed E-state index contributed by atoms with van der Waals surface area (Å²) in [5.41, 5.74) is 2.12. The molecule has 2 fully saturated rings. The first-order valence-corrected chi connectivity index (χ1v) is 9.23. The molecule has 0 radical (unpaired) electrons. The average Bonchev–Trinajstić information content (AvgIpc) is 3.23. The Labute approximate surface area is 146 Å². The minimum Gasteiger partial charge on any atom is -0.333 e. The van der Waals surface area contributed by atoms with Gasteiger partial charge in [0.05, 0.1) is 18.3 Å². The van der Waals surface area contributed by atoms with Crippen LogP contribution in [0.3, 0.4) is 0 Å². The average molecular weight is 343 g/mol. The predicted molar refractivity (Wildman–Crippen MR) is 94.5 cm³/mol. The van der Waals surface area contributed by atoms with Crippen molar-refractivity contribution in [3.8, 4) is 0 Å². The molecule has 1 atom stereocenters. The Kier molecular flexibility index (Phi) is 4.33. The van der Waals surface area contributed by atoms with Crippen molar-refractivity contribution in [3.05, 3.63) is 33.9 Å². The Morgan fingerprint density at radius 1 is 1.20 bits per heavy atom. The molecule has 25 heavy (non-hydrogen) atoms. The number of likely N-dealkylation sites (tertiary alicyclic amines) is 2. The van der Waals surface area contributed by atoms with Gasteiger partial charge in [0.15, 0.2) is 5.65 Å². The summed E-state index contributed by atoms with van der Waals surface area (Å²) in [6, 6.07) is 3.36. The van der Waals surface area contributed by atoms with E-state index in [0.717, 1.165) is 50.3 Å². The number of aromatic amines is 1. The number of rotatable bonds is 3. The molecule has 0 aliphatic carbocycles. The molecular formula is C18H25N5O2. The van der Waals surface area contributed by atoms with E-state index in [0.29, 0.717) is 12.2 Å². The van der Waals surface area contributed by atoms with Crippen molar-refractivity contribution < 1.29 is 4.79 Å². The standard InChI is InChI=1S/C18H25N5O2/c1-13-10-16-19-14(11-17(24)23(16)20-13)15-6-2-3-9-22(15)18(25)12-21-7-4-5-8-21/h10-11,15,20H,2-9,12H2,1H3/t15-/m1/s1. The van der Waals surface area contributed by atoms with Gasteiger partial charge in [0.25, 0.3) is 5.56 Å². The zero-order valence-electron chi connectivity index (χ0n) is 14.7. The number of nitrogens with one attached hydrogen (secondary N) is 1. The van der Waals surface area contributed by atoms with E-state index in [1.807, 2.05) is 17.9 Å². The molecule has 7 nitrogen and oxygen atoms in total. The molecule has 0 aromatic carbocycles. The van der Waals surface area contributed by atoms with Crippen LogP contribution in [0.25, 0.3) is 5.65 Å². The normalized spacial score (nSPS) is 22.0. The minimum absolute atomic E-state index is 0.0863. The van der Waals surface area contributed by atoms with Crippen LogP contribution in [-0.2, 0) is 4.79 Å². The molecule has 0 bridgehead atoms. The van der Waals surface area contributed by atoms with Gasteiger partial charge in [-0.05, 0) is 52.1 Å². The maximum Gasteiger partial charge on any atom is 0.272 e. The number of carbonyl (C=O) groups excluding carboxylic acids is 1. The van der Waals surface area contributed by atoms with E-state index in [4.69, 9.17) is 0 Å². The number of carbonyl (C=O) groups is 1. The largest absolute Gasteiger partial charge is 0.333 e. The van der Waals surface area contributed by atoms with Crippen molar-refractivity contribution in [2.45, 2.75) is 45.1 Å². The Hall–Kier alpha value is -2.15. The van der Waals surface area contributed by atoms with Crippen molar-refractivity contribution in [3.63, 3.8) is 0 Å². The summed E-state index contributed by atoms with van der Waals surface area (Å²) >= 11 is 0. The molecule has 1 N–H and O–H groups in total. The summed E-state index contributed by atoms with van der Waals surface area (Å²) in [4.78, 5) is 34.1. The number of fused-ring (bicyclic) bond motifs is 1. The fourth-order valence-electron chi connectivity index (χ4n) is 4.06. The molecule has 2 aromatic heterocycles. The topological polar surface area (TPSA) is 73.7 Å². The first-order chi connectivity index (χ1) is 12.1. The number of aromatic nitrogens is 3. The first-order valence-electron chi connectivity index (χ1n) is 9.23. The van der Waals surface area contributed by atoms with Crippen LogP contribution in [0.15, 0.2) is 16.9 Å². The second-order valence-electron chi connectivity index (χ2n) is 7.23. The highest BCUT2D eigenvalue weighted by atomic mass is 16.2. The summed E-state index contributed by atoms with van der Waals surface area (Å²) in [6.07, 6.45) is 5.31. The molecule has 0 unspecified atom stereocenters. The second-order valence-corrected chi connectivity index (χ2v) is 7.23. The zero-order valence-corrected chi connectivity index (χ0v) is 14.7. The molecule has 2 aliphatic heterocycles. The third-order valence-corrected chi connectivity index (χ3v) is 5.32. The highest BCUT2D eigenvalue weighted by molar-refractivity contribution is 5.79. The molecule has 7 heteroatoms. The van der Waals surface area contributed by atoms with Gasteiger partial charge in [0, 0.05) is 24.4 Å². The fraction of sp³-hybridized carbons (Fsp3) is 0.611. The molecule has 2 aliphatic rings. The Morgan fingerprint density at radius 3 is 2.76 bits per heavy atom. The van der Waals surface area contributed by atoms with E-state index < -0.39 is 0 Å². The third kappa shape index (κ3) is 3.20. The van der Waals surface area contributed by atoms with Crippen LogP contribution in [0.5, 0.6) is 0 Å². The Balaban J connectivity index is 1.62. The number of H-pyrrole nitrogens is 1. The minimum atomic E-state index is -0.120. The number of hydrogen-bond acceptors (Lipinski definition) is 4. The summed E-state index contributed by atoms with van der Waals surface area (Å²) < 4.78 is 1.46. The number of aryl methyl sites for hydroxylation is 1. The van der Waals surface area contributed by atoms with E-state index in [1.54, 1.807) is 6.07 Å². The zero-order chi connectivity index (χ0) is 17.4. The molecule has 134 valence electrons. The highest BCUT2D eigenvalue weighted by Crippen LogP contribution is 2.30. The second kappa shape index (κ2) is 6.63. The smallest absolute Gasteiger partial charge is 0.272 e. The van der Waals surface area contributed by atoms with Gasteiger partial charge in [0.2, 0.25) is 5.91 Å². The molecule has 4 rings (SSSR count). The van der Waals surface area contributed by atoms with Crippen LogP contribution in [0.4, 0.5) is 0 Å². The SMILES string of the molecule is Cc1cc2nc([C@H]3CCCCN3C(=O)CN3CCCC3)cc(=O)n2[nH]1. The van der Waals surface area contributed by atoms with Crippen molar-refractivity contribution in [2.24, 2.45) is 0 Å². The van der Waals surface area contributed by atoms with E-state index in [2.05, 4.69) is 15.0 Å². The monoisotopic (exact) mass is 343 g/mol. The van der Waals surface area contributed by atoms with Gasteiger partial charge in [-0.2, -0.15) is 0 Å².